The topological polar surface area (TPSA) is 101 Å². The van der Waals surface area contributed by atoms with Crippen LogP contribution in [-0.2, 0) is 0 Å². The molecule has 2 N–H and O–H groups in total. The summed E-state index contributed by atoms with van der Waals surface area (Å²) >= 11 is 0. The second-order valence-electron chi connectivity index (χ2n) is 6.34. The Hall–Kier alpha value is -4.00. The van der Waals surface area contributed by atoms with Crippen molar-refractivity contribution in [2.24, 2.45) is 0 Å². The molecule has 28 heavy (non-hydrogen) atoms. The van der Waals surface area contributed by atoms with Crippen LogP contribution in [0.2, 0.25) is 0 Å². The minimum Gasteiger partial charge on any atom is -0.508 e. The fourth-order valence-corrected chi connectivity index (χ4v) is 2.91. The number of hydrogen-bond acceptors (Lipinski definition) is 5. The van der Waals surface area contributed by atoms with Gasteiger partial charge in [0.05, 0.1) is 29.3 Å². The number of rotatable bonds is 4. The van der Waals surface area contributed by atoms with Crippen molar-refractivity contribution in [1.82, 2.24) is 20.0 Å². The Labute approximate surface area is 160 Å². The second kappa shape index (κ2) is 6.96. The van der Waals surface area contributed by atoms with E-state index in [0.29, 0.717) is 5.69 Å². The maximum Gasteiger partial charge on any atom is 0.335 e. The van der Waals surface area contributed by atoms with Crippen molar-refractivity contribution in [3.63, 3.8) is 0 Å². The Morgan fingerprint density at radius 2 is 1.79 bits per heavy atom. The summed E-state index contributed by atoms with van der Waals surface area (Å²) in [5.74, 6) is -0.778. The van der Waals surface area contributed by atoms with Gasteiger partial charge >= 0.3 is 5.97 Å². The maximum atomic E-state index is 11.0. The van der Waals surface area contributed by atoms with Crippen LogP contribution in [-0.4, -0.2) is 36.2 Å². The molecule has 138 valence electrons. The highest BCUT2D eigenvalue weighted by molar-refractivity contribution is 5.88. The number of aromatic carboxylic acids is 1. The third-order valence-corrected chi connectivity index (χ3v) is 4.39. The molecular formula is C21H16N4O3. The van der Waals surface area contributed by atoms with Gasteiger partial charge in [0, 0.05) is 11.1 Å². The van der Waals surface area contributed by atoms with E-state index in [1.54, 1.807) is 47.4 Å². The lowest BCUT2D eigenvalue weighted by atomic mass is 10.1. The van der Waals surface area contributed by atoms with Gasteiger partial charge in [0.2, 0.25) is 0 Å². The molecule has 0 spiro atoms. The van der Waals surface area contributed by atoms with Crippen LogP contribution in [0.25, 0.3) is 28.2 Å². The number of phenolic OH excluding ortho intramolecular Hbond substituents is 1. The number of carbonyl (C=O) groups is 1. The minimum atomic E-state index is -0.969. The van der Waals surface area contributed by atoms with E-state index in [1.165, 1.54) is 12.1 Å². The molecule has 0 saturated carbocycles. The molecule has 0 aliphatic carbocycles. The highest BCUT2D eigenvalue weighted by atomic mass is 16.4. The number of phenols is 1. The predicted molar refractivity (Wildman–Crippen MR) is 103 cm³/mol. The third kappa shape index (κ3) is 3.33. The molecule has 0 radical (unpaired) electrons. The SMILES string of the molecule is Cc1cc(-c2cccc(O)c2)ncc1-n1cc(-c2ccc(C(=O)O)cc2)nn1. The van der Waals surface area contributed by atoms with Crippen molar-refractivity contribution in [3.05, 3.63) is 78.1 Å². The van der Waals surface area contributed by atoms with Crippen molar-refractivity contribution >= 4 is 5.97 Å². The van der Waals surface area contributed by atoms with Gasteiger partial charge in [-0.1, -0.05) is 29.5 Å². The van der Waals surface area contributed by atoms with E-state index in [1.807, 2.05) is 19.1 Å². The zero-order valence-electron chi connectivity index (χ0n) is 14.9. The summed E-state index contributed by atoms with van der Waals surface area (Å²) in [5, 5.41) is 27.0. The van der Waals surface area contributed by atoms with Crippen LogP contribution in [0.1, 0.15) is 15.9 Å². The molecule has 0 fully saturated rings. The van der Waals surface area contributed by atoms with Crippen LogP contribution in [0.15, 0.2) is 67.0 Å². The molecule has 0 aliphatic heterocycles. The molecule has 2 heterocycles. The molecule has 0 atom stereocenters. The van der Waals surface area contributed by atoms with Gasteiger partial charge in [-0.05, 0) is 42.8 Å². The normalized spacial score (nSPS) is 10.8. The number of carboxylic acid groups (broad SMARTS) is 1. The number of aromatic nitrogens is 4. The lowest BCUT2D eigenvalue weighted by Crippen LogP contribution is -1.99. The molecule has 0 bridgehead atoms. The van der Waals surface area contributed by atoms with Gasteiger partial charge in [-0.2, -0.15) is 0 Å². The zero-order valence-corrected chi connectivity index (χ0v) is 14.9. The zero-order chi connectivity index (χ0) is 19.7. The first-order valence-corrected chi connectivity index (χ1v) is 8.54. The van der Waals surface area contributed by atoms with Gasteiger partial charge in [0.25, 0.3) is 0 Å². The molecule has 0 unspecified atom stereocenters. The van der Waals surface area contributed by atoms with E-state index in [4.69, 9.17) is 5.11 Å². The number of aromatic hydroxyl groups is 1. The summed E-state index contributed by atoms with van der Waals surface area (Å²) in [5.41, 5.74) is 4.94. The van der Waals surface area contributed by atoms with E-state index in [2.05, 4.69) is 15.3 Å². The monoisotopic (exact) mass is 372 g/mol. The maximum absolute atomic E-state index is 11.0. The van der Waals surface area contributed by atoms with Crippen LogP contribution in [0.5, 0.6) is 5.75 Å². The van der Waals surface area contributed by atoms with Gasteiger partial charge in [-0.3, -0.25) is 4.98 Å². The molecule has 4 rings (SSSR count). The molecule has 0 aliphatic rings. The summed E-state index contributed by atoms with van der Waals surface area (Å²) in [7, 11) is 0. The van der Waals surface area contributed by atoms with Gasteiger partial charge in [0.15, 0.2) is 0 Å². The summed E-state index contributed by atoms with van der Waals surface area (Å²) < 4.78 is 1.63. The van der Waals surface area contributed by atoms with Crippen molar-refractivity contribution in [3.8, 4) is 34.0 Å². The van der Waals surface area contributed by atoms with E-state index >= 15 is 0 Å². The van der Waals surface area contributed by atoms with Crippen molar-refractivity contribution < 1.29 is 15.0 Å². The Balaban J connectivity index is 1.64. The van der Waals surface area contributed by atoms with Crippen LogP contribution in [0, 0.1) is 6.92 Å². The van der Waals surface area contributed by atoms with Crippen LogP contribution in [0.3, 0.4) is 0 Å². The van der Waals surface area contributed by atoms with E-state index in [-0.39, 0.29) is 11.3 Å². The lowest BCUT2D eigenvalue weighted by molar-refractivity contribution is 0.0697. The lowest BCUT2D eigenvalue weighted by Gasteiger charge is -2.07. The predicted octanol–water partition coefficient (Wildman–Crippen LogP) is 3.71. The highest BCUT2D eigenvalue weighted by Crippen LogP contribution is 2.25. The Morgan fingerprint density at radius 3 is 2.46 bits per heavy atom. The number of hydrogen-bond donors (Lipinski definition) is 2. The Bertz CT molecular complexity index is 1170. The molecule has 0 amide bonds. The molecule has 7 heteroatoms. The quantitative estimate of drug-likeness (QED) is 0.566. The smallest absolute Gasteiger partial charge is 0.335 e. The van der Waals surface area contributed by atoms with Crippen molar-refractivity contribution in [2.45, 2.75) is 6.92 Å². The highest BCUT2D eigenvalue weighted by Gasteiger charge is 2.11. The summed E-state index contributed by atoms with van der Waals surface area (Å²) in [4.78, 5) is 15.4. The fraction of sp³-hybridized carbons (Fsp3) is 0.0476. The molecule has 2 aromatic carbocycles. The molecule has 2 aromatic heterocycles. The van der Waals surface area contributed by atoms with Gasteiger partial charge in [-0.15, -0.1) is 5.10 Å². The first-order chi connectivity index (χ1) is 13.5. The molecule has 0 saturated heterocycles. The number of nitrogens with zero attached hydrogens (tertiary/aromatic N) is 4. The standard InChI is InChI=1S/C21H16N4O3/c1-13-9-18(16-3-2-4-17(26)10-16)22-11-20(13)25-12-19(23-24-25)14-5-7-15(8-6-14)21(27)28/h2-12,26H,1H3,(H,27,28). The Kier molecular flexibility index (Phi) is 4.33. The van der Waals surface area contributed by atoms with Gasteiger partial charge < -0.3 is 10.2 Å². The number of pyridine rings is 1. The van der Waals surface area contributed by atoms with Crippen LogP contribution >= 0.6 is 0 Å². The van der Waals surface area contributed by atoms with Gasteiger partial charge in [-0.25, -0.2) is 9.48 Å². The average Bonchev–Trinajstić information content (AvgIpc) is 3.18. The largest absolute Gasteiger partial charge is 0.508 e. The number of carboxylic acids is 1. The summed E-state index contributed by atoms with van der Waals surface area (Å²) in [6.07, 6.45) is 3.48. The van der Waals surface area contributed by atoms with E-state index in [0.717, 1.165) is 28.1 Å². The minimum absolute atomic E-state index is 0.191. The molecular weight excluding hydrogens is 356 g/mol. The van der Waals surface area contributed by atoms with E-state index in [9.17, 15) is 9.90 Å². The first-order valence-electron chi connectivity index (χ1n) is 8.54. The van der Waals surface area contributed by atoms with Gasteiger partial charge in [0.1, 0.15) is 11.4 Å². The summed E-state index contributed by atoms with van der Waals surface area (Å²) in [6, 6.07) is 15.3. The van der Waals surface area contributed by atoms with Crippen LogP contribution < -0.4 is 0 Å². The molecule has 4 aromatic rings. The number of aryl methyl sites for hydroxylation is 1. The molecule has 7 nitrogen and oxygen atoms in total. The summed E-state index contributed by atoms with van der Waals surface area (Å²) in [6.45, 7) is 1.95. The van der Waals surface area contributed by atoms with Crippen molar-refractivity contribution in [1.29, 1.82) is 0 Å². The second-order valence-corrected chi connectivity index (χ2v) is 6.34. The average molecular weight is 372 g/mol. The number of benzene rings is 2. The Morgan fingerprint density at radius 1 is 1.00 bits per heavy atom. The first kappa shape index (κ1) is 17.4. The fourth-order valence-electron chi connectivity index (χ4n) is 2.91. The van der Waals surface area contributed by atoms with E-state index < -0.39 is 5.97 Å². The van der Waals surface area contributed by atoms with Crippen molar-refractivity contribution in [2.75, 3.05) is 0 Å². The van der Waals surface area contributed by atoms with Crippen LogP contribution in [0.4, 0.5) is 0 Å². The third-order valence-electron chi connectivity index (χ3n) is 4.39.